The molecule has 1 rings (SSSR count). The molecule has 3 heteroatoms. The van der Waals surface area contributed by atoms with Crippen LogP contribution in [0.3, 0.4) is 0 Å². The van der Waals surface area contributed by atoms with E-state index in [0.29, 0.717) is 12.8 Å². The Labute approximate surface area is 62.4 Å². The number of esters is 1. The maximum Gasteiger partial charge on any atom is 0.307 e. The molecule has 0 aromatic carbocycles. The molecule has 58 valence electrons. The van der Waals surface area contributed by atoms with E-state index in [4.69, 9.17) is 1.37 Å². The Hall–Kier alpha value is -0.570. The molecule has 0 aromatic rings. The van der Waals surface area contributed by atoms with E-state index in [0.717, 1.165) is 0 Å². The van der Waals surface area contributed by atoms with Crippen LogP contribution < -0.4 is 0 Å². The second kappa shape index (κ2) is 3.01. The van der Waals surface area contributed by atoms with Crippen molar-refractivity contribution in [3.05, 3.63) is 0 Å². The number of nitrogens with zero attached hydrogens (tertiary/aromatic N) is 1. The third-order valence-corrected chi connectivity index (χ3v) is 1.72. The van der Waals surface area contributed by atoms with Crippen LogP contribution >= 0.6 is 0 Å². The van der Waals surface area contributed by atoms with E-state index in [-0.39, 0.29) is 12.0 Å². The van der Waals surface area contributed by atoms with Gasteiger partial charge in [-0.25, -0.2) is 0 Å². The molecule has 0 saturated carbocycles. The van der Waals surface area contributed by atoms with Gasteiger partial charge in [0.05, 0.1) is 14.4 Å². The molecular formula is C7H13NO2. The molecule has 2 unspecified atom stereocenters. The molecule has 0 bridgehead atoms. The largest absolute Gasteiger partial charge is 0.466 e. The van der Waals surface area contributed by atoms with E-state index in [1.165, 1.54) is 0 Å². The van der Waals surface area contributed by atoms with Crippen LogP contribution in [0.15, 0.2) is 0 Å². The zero-order valence-electron chi connectivity index (χ0n) is 7.33. The van der Waals surface area contributed by atoms with Gasteiger partial charge in [0.25, 0.3) is 0 Å². The maximum atomic E-state index is 10.8. The molecule has 1 fully saturated rings. The van der Waals surface area contributed by atoms with Crippen molar-refractivity contribution in [3.63, 3.8) is 0 Å². The van der Waals surface area contributed by atoms with E-state index >= 15 is 0 Å². The van der Waals surface area contributed by atoms with Gasteiger partial charge in [0, 0.05) is 6.04 Å². The smallest absolute Gasteiger partial charge is 0.307 e. The third-order valence-electron chi connectivity index (χ3n) is 1.72. The first-order valence-electron chi connectivity index (χ1n) is 3.95. The standard InChI is InChI=1S/C7H13NO2/c1-8(2)6-3-4-10-7(9)5-6/h6H,3-5H2,1-2H3/i4D. The molecule has 0 aromatic heterocycles. The lowest BCUT2D eigenvalue weighted by molar-refractivity contribution is -0.149. The fraction of sp³-hybridized carbons (Fsp3) is 0.857. The summed E-state index contributed by atoms with van der Waals surface area (Å²) in [4.78, 5) is 12.8. The fourth-order valence-corrected chi connectivity index (χ4v) is 0.969. The summed E-state index contributed by atoms with van der Waals surface area (Å²) in [6, 6.07) is 0.179. The van der Waals surface area contributed by atoms with Crippen molar-refractivity contribution in [1.29, 1.82) is 0 Å². The van der Waals surface area contributed by atoms with E-state index in [1.54, 1.807) is 0 Å². The first-order chi connectivity index (χ1) is 5.09. The second-order valence-electron chi connectivity index (χ2n) is 2.71. The molecule has 0 aliphatic carbocycles. The minimum atomic E-state index is -0.663. The summed E-state index contributed by atoms with van der Waals surface area (Å²) in [6.45, 7) is -0.663. The van der Waals surface area contributed by atoms with Crippen molar-refractivity contribution in [2.45, 2.75) is 18.9 Å². The van der Waals surface area contributed by atoms with E-state index < -0.39 is 6.58 Å². The molecule has 0 spiro atoms. The van der Waals surface area contributed by atoms with Crippen LogP contribution in [-0.2, 0) is 9.53 Å². The number of rotatable bonds is 1. The molecule has 1 saturated heterocycles. The van der Waals surface area contributed by atoms with Gasteiger partial charge < -0.3 is 9.64 Å². The molecule has 1 aliphatic heterocycles. The Morgan fingerprint density at radius 3 is 3.00 bits per heavy atom. The molecule has 0 N–H and O–H groups in total. The van der Waals surface area contributed by atoms with Crippen molar-refractivity contribution in [2.75, 3.05) is 20.7 Å². The van der Waals surface area contributed by atoms with Crippen LogP contribution in [-0.4, -0.2) is 37.6 Å². The van der Waals surface area contributed by atoms with Crippen LogP contribution in [0, 0.1) is 0 Å². The van der Waals surface area contributed by atoms with Gasteiger partial charge in [-0.2, -0.15) is 0 Å². The summed E-state index contributed by atoms with van der Waals surface area (Å²) >= 11 is 0. The predicted molar refractivity (Wildman–Crippen MR) is 37.7 cm³/mol. The molecule has 10 heavy (non-hydrogen) atoms. The molecule has 1 heterocycles. The van der Waals surface area contributed by atoms with Gasteiger partial charge in [-0.15, -0.1) is 0 Å². The highest BCUT2D eigenvalue weighted by Gasteiger charge is 2.21. The van der Waals surface area contributed by atoms with Gasteiger partial charge in [-0.05, 0) is 20.5 Å². The highest BCUT2D eigenvalue weighted by atomic mass is 16.5. The SMILES string of the molecule is [2H]C1CC(N(C)C)CC(=O)O1. The summed E-state index contributed by atoms with van der Waals surface area (Å²) < 4.78 is 11.9. The summed E-state index contributed by atoms with van der Waals surface area (Å²) in [5, 5.41) is 0. The molecule has 3 nitrogen and oxygen atoms in total. The Bertz CT molecular complexity index is 161. The minimum absolute atomic E-state index is 0.179. The second-order valence-corrected chi connectivity index (χ2v) is 2.71. The summed E-state index contributed by atoms with van der Waals surface area (Å²) in [5.41, 5.74) is 0. The Balaban J connectivity index is 2.49. The van der Waals surface area contributed by atoms with Gasteiger partial charge in [0.15, 0.2) is 0 Å². The van der Waals surface area contributed by atoms with Gasteiger partial charge in [0.2, 0.25) is 0 Å². The molecule has 2 atom stereocenters. The first kappa shape index (κ1) is 6.16. The molecule has 0 amide bonds. The number of ether oxygens (including phenoxy) is 1. The summed E-state index contributed by atoms with van der Waals surface area (Å²) in [6.07, 6.45) is 1.04. The van der Waals surface area contributed by atoms with E-state index in [2.05, 4.69) is 4.74 Å². The molecular weight excluding hydrogens is 130 g/mol. The average Bonchev–Trinajstić information content (AvgIpc) is 1.85. The van der Waals surface area contributed by atoms with Crippen LogP contribution in [0.5, 0.6) is 0 Å². The topological polar surface area (TPSA) is 29.5 Å². The zero-order chi connectivity index (χ0) is 8.43. The highest BCUT2D eigenvalue weighted by Crippen LogP contribution is 2.11. The van der Waals surface area contributed by atoms with Crippen LogP contribution in [0.1, 0.15) is 14.2 Å². The van der Waals surface area contributed by atoms with Crippen molar-refractivity contribution in [1.82, 2.24) is 4.90 Å². The van der Waals surface area contributed by atoms with Crippen molar-refractivity contribution >= 4 is 5.97 Å². The van der Waals surface area contributed by atoms with Gasteiger partial charge in [-0.3, -0.25) is 4.79 Å². The van der Waals surface area contributed by atoms with Crippen LogP contribution in [0.2, 0.25) is 0 Å². The number of carbonyl (C=O) groups is 1. The van der Waals surface area contributed by atoms with E-state index in [1.807, 2.05) is 19.0 Å². The quantitative estimate of drug-likeness (QED) is 0.494. The number of cyclic esters (lactones) is 1. The summed E-state index contributed by atoms with van der Waals surface area (Å²) in [7, 11) is 3.83. The lowest BCUT2D eigenvalue weighted by atomic mass is 10.1. The van der Waals surface area contributed by atoms with E-state index in [9.17, 15) is 4.79 Å². The van der Waals surface area contributed by atoms with Gasteiger partial charge in [-0.1, -0.05) is 0 Å². The number of hydrogen-bond donors (Lipinski definition) is 0. The lowest BCUT2D eigenvalue weighted by Crippen LogP contribution is -2.35. The Morgan fingerprint density at radius 1 is 1.80 bits per heavy atom. The van der Waals surface area contributed by atoms with Crippen molar-refractivity contribution < 1.29 is 10.9 Å². The monoisotopic (exact) mass is 144 g/mol. The minimum Gasteiger partial charge on any atom is -0.466 e. The predicted octanol–water partition coefficient (Wildman–Crippen LogP) is 0.254. The number of hydrogen-bond acceptors (Lipinski definition) is 3. The normalized spacial score (nSPS) is 35.5. The summed E-state index contributed by atoms with van der Waals surface area (Å²) in [5.74, 6) is -0.255. The Morgan fingerprint density at radius 2 is 2.50 bits per heavy atom. The van der Waals surface area contributed by atoms with Crippen LogP contribution in [0.25, 0.3) is 0 Å². The maximum absolute atomic E-state index is 10.8. The average molecular weight is 144 g/mol. The zero-order valence-corrected chi connectivity index (χ0v) is 6.33. The molecule has 0 radical (unpaired) electrons. The van der Waals surface area contributed by atoms with Crippen LogP contribution in [0.4, 0.5) is 0 Å². The number of carbonyl (C=O) groups excluding carboxylic acids is 1. The lowest BCUT2D eigenvalue weighted by Gasteiger charge is -2.26. The Kier molecular flexibility index (Phi) is 1.86. The third kappa shape index (κ3) is 1.70. The van der Waals surface area contributed by atoms with Gasteiger partial charge >= 0.3 is 5.97 Å². The molecule has 1 aliphatic rings. The fourth-order valence-electron chi connectivity index (χ4n) is 0.969. The van der Waals surface area contributed by atoms with Crippen molar-refractivity contribution in [3.8, 4) is 0 Å². The van der Waals surface area contributed by atoms with Crippen molar-refractivity contribution in [2.24, 2.45) is 0 Å². The van der Waals surface area contributed by atoms with Gasteiger partial charge in [0.1, 0.15) is 0 Å². The first-order valence-corrected chi connectivity index (χ1v) is 3.37. The highest BCUT2D eigenvalue weighted by molar-refractivity contribution is 5.70.